The van der Waals surface area contributed by atoms with Gasteiger partial charge < -0.3 is 20.1 Å². The quantitative estimate of drug-likeness (QED) is 0.762. The van der Waals surface area contributed by atoms with E-state index in [1.165, 1.54) is 12.0 Å². The van der Waals surface area contributed by atoms with Gasteiger partial charge in [0.1, 0.15) is 11.8 Å². The summed E-state index contributed by atoms with van der Waals surface area (Å²) in [5, 5.41) is 12.0. The number of carbonyl (C=O) groups excluding carboxylic acids is 2. The lowest BCUT2D eigenvalue weighted by molar-refractivity contribution is -0.142. The number of carbonyl (C=O) groups is 3. The van der Waals surface area contributed by atoms with Crippen LogP contribution in [0.25, 0.3) is 0 Å². The molecule has 0 saturated carbocycles. The van der Waals surface area contributed by atoms with Crippen molar-refractivity contribution in [3.8, 4) is 5.75 Å². The van der Waals surface area contributed by atoms with Gasteiger partial charge in [-0.25, -0.2) is 4.79 Å². The van der Waals surface area contributed by atoms with Crippen molar-refractivity contribution in [3.63, 3.8) is 0 Å². The third-order valence-corrected chi connectivity index (χ3v) is 4.77. The summed E-state index contributed by atoms with van der Waals surface area (Å²) in [6.07, 6.45) is 0.209. The van der Waals surface area contributed by atoms with Crippen molar-refractivity contribution in [2.75, 3.05) is 18.6 Å². The molecule has 2 atom stereocenters. The number of carboxylic acid groups (broad SMARTS) is 1. The lowest BCUT2D eigenvalue weighted by atomic mass is 10.0. The molecular formula is C21H22N2O5. The SMILES string of the molecule is COc1ccccc1N1CC(C(=O)N[C@@H](Cc2ccccc2)C(=O)O)CC1=O. The minimum atomic E-state index is -1.11. The van der Waals surface area contributed by atoms with Crippen LogP contribution in [0.3, 0.4) is 0 Å². The molecule has 28 heavy (non-hydrogen) atoms. The average Bonchev–Trinajstić information content (AvgIpc) is 3.09. The number of hydrogen-bond donors (Lipinski definition) is 2. The topological polar surface area (TPSA) is 95.9 Å². The first-order valence-corrected chi connectivity index (χ1v) is 9.00. The lowest BCUT2D eigenvalue weighted by Gasteiger charge is -2.20. The maximum absolute atomic E-state index is 12.6. The van der Waals surface area contributed by atoms with Crippen LogP contribution < -0.4 is 15.0 Å². The molecule has 1 unspecified atom stereocenters. The number of ether oxygens (including phenoxy) is 1. The zero-order valence-electron chi connectivity index (χ0n) is 15.5. The van der Waals surface area contributed by atoms with Crippen LogP contribution in [-0.2, 0) is 20.8 Å². The van der Waals surface area contributed by atoms with E-state index in [2.05, 4.69) is 5.32 Å². The molecule has 1 aliphatic rings. The Bertz CT molecular complexity index is 868. The van der Waals surface area contributed by atoms with Gasteiger partial charge in [0, 0.05) is 19.4 Å². The average molecular weight is 382 g/mol. The van der Waals surface area contributed by atoms with Crippen LogP contribution in [0.1, 0.15) is 12.0 Å². The molecule has 2 aromatic carbocycles. The first kappa shape index (κ1) is 19.4. The molecular weight excluding hydrogens is 360 g/mol. The summed E-state index contributed by atoms with van der Waals surface area (Å²) in [5.74, 6) is -1.81. The monoisotopic (exact) mass is 382 g/mol. The molecule has 2 N–H and O–H groups in total. The van der Waals surface area contributed by atoms with Crippen molar-refractivity contribution in [2.45, 2.75) is 18.9 Å². The van der Waals surface area contributed by atoms with Crippen molar-refractivity contribution in [1.29, 1.82) is 0 Å². The second-order valence-electron chi connectivity index (χ2n) is 6.67. The Morgan fingerprint density at radius 1 is 1.18 bits per heavy atom. The van der Waals surface area contributed by atoms with Crippen molar-refractivity contribution in [1.82, 2.24) is 5.32 Å². The Labute approximate surface area is 162 Å². The van der Waals surface area contributed by atoms with Crippen LogP contribution in [0.15, 0.2) is 54.6 Å². The number of nitrogens with one attached hydrogen (secondary N) is 1. The number of rotatable bonds is 7. The van der Waals surface area contributed by atoms with Crippen LogP contribution in [0, 0.1) is 5.92 Å². The van der Waals surface area contributed by atoms with E-state index in [0.717, 1.165) is 5.56 Å². The van der Waals surface area contributed by atoms with E-state index < -0.39 is 23.8 Å². The maximum atomic E-state index is 12.6. The van der Waals surface area contributed by atoms with Crippen LogP contribution in [0.2, 0.25) is 0 Å². The molecule has 1 fully saturated rings. The van der Waals surface area contributed by atoms with Gasteiger partial charge in [0.15, 0.2) is 0 Å². The summed E-state index contributed by atoms with van der Waals surface area (Å²) in [6.45, 7) is 0.183. The molecule has 2 aromatic rings. The Hall–Kier alpha value is -3.35. The number of nitrogens with zero attached hydrogens (tertiary/aromatic N) is 1. The van der Waals surface area contributed by atoms with E-state index in [9.17, 15) is 19.5 Å². The molecule has 0 spiro atoms. The minimum Gasteiger partial charge on any atom is -0.495 e. The first-order chi connectivity index (χ1) is 13.5. The molecule has 1 aliphatic heterocycles. The highest BCUT2D eigenvalue weighted by atomic mass is 16.5. The molecule has 7 heteroatoms. The number of carboxylic acids is 1. The van der Waals surface area contributed by atoms with Crippen LogP contribution >= 0.6 is 0 Å². The zero-order valence-corrected chi connectivity index (χ0v) is 15.5. The van der Waals surface area contributed by atoms with E-state index in [4.69, 9.17) is 4.74 Å². The Kier molecular flexibility index (Phi) is 5.93. The predicted octanol–water partition coefficient (Wildman–Crippen LogP) is 1.86. The zero-order chi connectivity index (χ0) is 20.1. The van der Waals surface area contributed by atoms with Crippen LogP contribution in [0.4, 0.5) is 5.69 Å². The van der Waals surface area contributed by atoms with E-state index in [-0.39, 0.29) is 25.3 Å². The highest BCUT2D eigenvalue weighted by Crippen LogP contribution is 2.32. The largest absolute Gasteiger partial charge is 0.495 e. The van der Waals surface area contributed by atoms with Gasteiger partial charge in [0.2, 0.25) is 11.8 Å². The summed E-state index contributed by atoms with van der Waals surface area (Å²) in [4.78, 5) is 38.2. The summed E-state index contributed by atoms with van der Waals surface area (Å²) in [6, 6.07) is 15.1. The van der Waals surface area contributed by atoms with Gasteiger partial charge in [-0.1, -0.05) is 42.5 Å². The number of hydrogen-bond acceptors (Lipinski definition) is 4. The molecule has 2 amide bonds. The maximum Gasteiger partial charge on any atom is 0.326 e. The van der Waals surface area contributed by atoms with Crippen LogP contribution in [0.5, 0.6) is 5.75 Å². The molecule has 1 heterocycles. The molecule has 7 nitrogen and oxygen atoms in total. The molecule has 0 bridgehead atoms. The fourth-order valence-electron chi connectivity index (χ4n) is 3.31. The van der Waals surface area contributed by atoms with Crippen molar-refractivity contribution in [2.24, 2.45) is 5.92 Å². The fourth-order valence-corrected chi connectivity index (χ4v) is 3.31. The van der Waals surface area contributed by atoms with Crippen molar-refractivity contribution < 1.29 is 24.2 Å². The number of benzene rings is 2. The number of aliphatic carboxylic acids is 1. The summed E-state index contributed by atoms with van der Waals surface area (Å²) in [7, 11) is 1.52. The highest BCUT2D eigenvalue weighted by Gasteiger charge is 2.37. The Morgan fingerprint density at radius 3 is 2.54 bits per heavy atom. The minimum absolute atomic E-state index is 0.0293. The van der Waals surface area contributed by atoms with Gasteiger partial charge in [-0.15, -0.1) is 0 Å². The fraction of sp³-hybridized carbons (Fsp3) is 0.286. The molecule has 0 aromatic heterocycles. The normalized spacial score (nSPS) is 17.2. The molecule has 0 radical (unpaired) electrons. The van der Waals surface area contributed by atoms with E-state index in [0.29, 0.717) is 11.4 Å². The van der Waals surface area contributed by atoms with Gasteiger partial charge in [0.25, 0.3) is 0 Å². The summed E-state index contributed by atoms with van der Waals surface area (Å²) >= 11 is 0. The third-order valence-electron chi connectivity index (χ3n) is 4.77. The smallest absolute Gasteiger partial charge is 0.326 e. The summed E-state index contributed by atoms with van der Waals surface area (Å²) < 4.78 is 5.29. The van der Waals surface area contributed by atoms with Gasteiger partial charge in [0.05, 0.1) is 18.7 Å². The van der Waals surface area contributed by atoms with Gasteiger partial charge >= 0.3 is 5.97 Å². The molecule has 3 rings (SSSR count). The Balaban J connectivity index is 1.69. The third kappa shape index (κ3) is 4.31. The van der Waals surface area contributed by atoms with E-state index >= 15 is 0 Å². The summed E-state index contributed by atoms with van der Waals surface area (Å²) in [5.41, 5.74) is 1.41. The molecule has 0 aliphatic carbocycles. The van der Waals surface area contributed by atoms with Crippen LogP contribution in [-0.4, -0.2) is 42.6 Å². The number of para-hydroxylation sites is 2. The van der Waals surface area contributed by atoms with E-state index in [1.54, 1.807) is 24.3 Å². The Morgan fingerprint density at radius 2 is 1.86 bits per heavy atom. The van der Waals surface area contributed by atoms with Crippen molar-refractivity contribution >= 4 is 23.5 Å². The second kappa shape index (κ2) is 8.56. The second-order valence-corrected chi connectivity index (χ2v) is 6.67. The first-order valence-electron chi connectivity index (χ1n) is 9.00. The highest BCUT2D eigenvalue weighted by molar-refractivity contribution is 6.01. The number of amides is 2. The number of anilines is 1. The molecule has 1 saturated heterocycles. The van der Waals surface area contributed by atoms with Gasteiger partial charge in [-0.2, -0.15) is 0 Å². The van der Waals surface area contributed by atoms with Gasteiger partial charge in [-0.3, -0.25) is 9.59 Å². The van der Waals surface area contributed by atoms with Crippen molar-refractivity contribution in [3.05, 3.63) is 60.2 Å². The lowest BCUT2D eigenvalue weighted by Crippen LogP contribution is -2.45. The standard InChI is InChI=1S/C21H22N2O5/c1-28-18-10-6-5-9-17(18)23-13-15(12-19(23)24)20(25)22-16(21(26)27)11-14-7-3-2-4-8-14/h2-10,15-16H,11-13H2,1H3,(H,22,25)(H,26,27)/t15?,16-/m0/s1. The molecule has 146 valence electrons. The predicted molar refractivity (Wildman–Crippen MR) is 103 cm³/mol. The van der Waals surface area contributed by atoms with Gasteiger partial charge in [-0.05, 0) is 17.7 Å². The number of methoxy groups -OCH3 is 1. The van der Waals surface area contributed by atoms with E-state index in [1.807, 2.05) is 30.3 Å².